The number of alkyl halides is 5. The molecule has 2 aliphatic rings. The van der Waals surface area contributed by atoms with Crippen molar-refractivity contribution in [1.82, 2.24) is 29.7 Å². The Bertz CT molecular complexity index is 1190. The van der Waals surface area contributed by atoms with Gasteiger partial charge in [0, 0.05) is 38.4 Å². The third-order valence-electron chi connectivity index (χ3n) is 6.66. The summed E-state index contributed by atoms with van der Waals surface area (Å²) in [6, 6.07) is 1.01. The maximum Gasteiger partial charge on any atom is 0.433 e. The summed E-state index contributed by atoms with van der Waals surface area (Å²) in [4.78, 5) is 20.6. The van der Waals surface area contributed by atoms with Gasteiger partial charge in [-0.05, 0) is 31.6 Å². The number of nitrogens with zero attached hydrogens (tertiary/aromatic N) is 8. The molecule has 5 heterocycles. The lowest BCUT2D eigenvalue weighted by atomic mass is 9.78. The van der Waals surface area contributed by atoms with Gasteiger partial charge in [-0.2, -0.15) is 23.3 Å². The second kappa shape index (κ2) is 8.27. The summed E-state index contributed by atoms with van der Waals surface area (Å²) >= 11 is 0. The molecule has 0 saturated carbocycles. The van der Waals surface area contributed by atoms with Gasteiger partial charge in [-0.3, -0.25) is 0 Å². The van der Waals surface area contributed by atoms with Crippen molar-refractivity contribution >= 4 is 22.8 Å². The van der Waals surface area contributed by atoms with Gasteiger partial charge >= 0.3 is 6.18 Å². The molecule has 0 N–H and O–H groups in total. The first kappa shape index (κ1) is 22.7. The summed E-state index contributed by atoms with van der Waals surface area (Å²) in [7, 11) is 0. The quantitative estimate of drug-likeness (QED) is 0.525. The van der Waals surface area contributed by atoms with Crippen molar-refractivity contribution in [2.45, 2.75) is 45.3 Å². The smallest absolute Gasteiger partial charge is 0.356 e. The number of hydrogen-bond acceptors (Lipinski definition) is 7. The minimum atomic E-state index is -4.52. The van der Waals surface area contributed by atoms with Gasteiger partial charge in [-0.25, -0.2) is 28.4 Å². The van der Waals surface area contributed by atoms with Crippen molar-refractivity contribution in [3.05, 3.63) is 30.0 Å². The zero-order valence-electron chi connectivity index (χ0n) is 18.4. The minimum absolute atomic E-state index is 0.00698. The van der Waals surface area contributed by atoms with E-state index in [2.05, 4.69) is 25.0 Å². The van der Waals surface area contributed by atoms with E-state index >= 15 is 0 Å². The molecule has 0 atom stereocenters. The average Bonchev–Trinajstić information content (AvgIpc) is 3.37. The van der Waals surface area contributed by atoms with Crippen molar-refractivity contribution in [3.63, 3.8) is 0 Å². The summed E-state index contributed by atoms with van der Waals surface area (Å²) < 4.78 is 66.3. The first-order valence-electron chi connectivity index (χ1n) is 11.0. The maximum absolute atomic E-state index is 13.2. The Morgan fingerprint density at radius 3 is 2.38 bits per heavy atom. The van der Waals surface area contributed by atoms with Crippen LogP contribution in [0.25, 0.3) is 11.0 Å². The maximum atomic E-state index is 13.2. The van der Waals surface area contributed by atoms with Crippen molar-refractivity contribution in [2.24, 2.45) is 5.41 Å². The lowest BCUT2D eigenvalue weighted by Crippen LogP contribution is -2.42. The zero-order valence-corrected chi connectivity index (χ0v) is 18.4. The second-order valence-corrected chi connectivity index (χ2v) is 8.98. The van der Waals surface area contributed by atoms with Crippen LogP contribution in [-0.2, 0) is 12.7 Å². The molecule has 0 aliphatic carbocycles. The third kappa shape index (κ3) is 4.34. The lowest BCUT2D eigenvalue weighted by molar-refractivity contribution is -0.141. The first-order valence-corrected chi connectivity index (χ1v) is 11.0. The number of aromatic nitrogens is 6. The summed E-state index contributed by atoms with van der Waals surface area (Å²) in [6.45, 7) is 3.53. The highest BCUT2D eigenvalue weighted by molar-refractivity contribution is 5.74. The molecule has 0 aromatic carbocycles. The number of aryl methyl sites for hydroxylation is 1. The normalized spacial score (nSPS) is 18.6. The minimum Gasteiger partial charge on any atom is -0.356 e. The van der Waals surface area contributed by atoms with Gasteiger partial charge in [-0.15, -0.1) is 0 Å². The Morgan fingerprint density at radius 1 is 1.00 bits per heavy atom. The molecule has 2 saturated heterocycles. The predicted octanol–water partition coefficient (Wildman–Crippen LogP) is 3.71. The van der Waals surface area contributed by atoms with E-state index in [9.17, 15) is 22.0 Å². The Balaban J connectivity index is 1.28. The van der Waals surface area contributed by atoms with Gasteiger partial charge in [0.05, 0.1) is 11.6 Å². The fraction of sp³-hybridized carbons (Fsp3) is 0.571. The standard InChI is InChI=1S/C21H23F5N8/c1-13-29-15(21(24,25)26)8-17(30-13)32-5-2-20(3-6-32)4-7-33(12-20)19-27-9-14-10-28-34(11-16(22)23)18(14)31-19/h8-10,16H,2-7,11-12H2,1H3. The Kier molecular flexibility index (Phi) is 5.52. The van der Waals surface area contributed by atoms with Crippen molar-refractivity contribution < 1.29 is 22.0 Å². The zero-order chi connectivity index (χ0) is 24.1. The van der Waals surface area contributed by atoms with Gasteiger partial charge in [0.15, 0.2) is 5.65 Å². The summed E-state index contributed by atoms with van der Waals surface area (Å²) in [5.41, 5.74) is -0.561. The SMILES string of the molecule is Cc1nc(N2CCC3(CC2)CCN(c2ncc4cnn(CC(F)F)c4n2)C3)cc(C(F)(F)F)n1. The molecule has 182 valence electrons. The van der Waals surface area contributed by atoms with Crippen molar-refractivity contribution in [2.75, 3.05) is 36.0 Å². The molecule has 2 aliphatic heterocycles. The van der Waals surface area contributed by atoms with Crippen LogP contribution in [0.15, 0.2) is 18.5 Å². The Morgan fingerprint density at radius 2 is 1.71 bits per heavy atom. The van der Waals surface area contributed by atoms with Crippen LogP contribution >= 0.6 is 0 Å². The van der Waals surface area contributed by atoms with Crippen LogP contribution in [0, 0.1) is 12.3 Å². The molecule has 13 heteroatoms. The molecular weight excluding hydrogens is 459 g/mol. The average molecular weight is 482 g/mol. The Labute approximate surface area is 191 Å². The molecule has 3 aromatic heterocycles. The number of anilines is 2. The largest absolute Gasteiger partial charge is 0.433 e. The summed E-state index contributed by atoms with van der Waals surface area (Å²) in [5, 5.41) is 4.58. The molecule has 0 radical (unpaired) electrons. The van der Waals surface area contributed by atoms with E-state index < -0.39 is 24.8 Å². The molecule has 8 nitrogen and oxygen atoms in total. The highest BCUT2D eigenvalue weighted by atomic mass is 19.4. The van der Waals surface area contributed by atoms with Crippen LogP contribution in [-0.4, -0.2) is 62.3 Å². The molecular formula is C21H23F5N8. The van der Waals surface area contributed by atoms with E-state index in [4.69, 9.17) is 0 Å². The highest BCUT2D eigenvalue weighted by Crippen LogP contribution is 2.42. The van der Waals surface area contributed by atoms with E-state index in [1.165, 1.54) is 17.8 Å². The molecule has 0 bridgehead atoms. The molecule has 0 unspecified atom stereocenters. The number of halogens is 5. The number of piperidine rings is 1. The Hall–Kier alpha value is -3.12. The molecule has 1 spiro atoms. The van der Waals surface area contributed by atoms with Crippen LogP contribution in [0.5, 0.6) is 0 Å². The number of hydrogen-bond donors (Lipinski definition) is 0. The van der Waals surface area contributed by atoms with Crippen molar-refractivity contribution in [1.29, 1.82) is 0 Å². The van der Waals surface area contributed by atoms with Gasteiger partial charge in [0.25, 0.3) is 6.43 Å². The van der Waals surface area contributed by atoms with Crippen molar-refractivity contribution in [3.8, 4) is 0 Å². The molecule has 3 aromatic rings. The predicted molar refractivity (Wildman–Crippen MR) is 114 cm³/mol. The fourth-order valence-corrected chi connectivity index (χ4v) is 4.86. The topological polar surface area (TPSA) is 75.9 Å². The van der Waals surface area contributed by atoms with E-state index in [0.717, 1.165) is 31.9 Å². The van der Waals surface area contributed by atoms with E-state index in [0.29, 0.717) is 42.4 Å². The number of fused-ring (bicyclic) bond motifs is 1. The van der Waals surface area contributed by atoms with Crippen LogP contribution in [0.4, 0.5) is 33.7 Å². The van der Waals surface area contributed by atoms with E-state index in [1.807, 2.05) is 9.80 Å². The summed E-state index contributed by atoms with van der Waals surface area (Å²) in [5.74, 6) is 0.866. The third-order valence-corrected chi connectivity index (χ3v) is 6.66. The van der Waals surface area contributed by atoms with Crippen LogP contribution < -0.4 is 9.80 Å². The van der Waals surface area contributed by atoms with Gasteiger partial charge in [-0.1, -0.05) is 0 Å². The van der Waals surface area contributed by atoms with Gasteiger partial charge in [0.2, 0.25) is 5.95 Å². The monoisotopic (exact) mass is 482 g/mol. The van der Waals surface area contributed by atoms with E-state index in [1.54, 1.807) is 6.20 Å². The van der Waals surface area contributed by atoms with E-state index in [-0.39, 0.29) is 11.2 Å². The van der Waals surface area contributed by atoms with Gasteiger partial charge < -0.3 is 9.80 Å². The summed E-state index contributed by atoms with van der Waals surface area (Å²) in [6.07, 6.45) is -1.50. The lowest BCUT2D eigenvalue weighted by Gasteiger charge is -2.39. The molecule has 0 amide bonds. The van der Waals surface area contributed by atoms with Gasteiger partial charge in [0.1, 0.15) is 23.9 Å². The van der Waals surface area contributed by atoms with Crippen LogP contribution in [0.1, 0.15) is 30.8 Å². The van der Waals surface area contributed by atoms with Crippen LogP contribution in [0.3, 0.4) is 0 Å². The van der Waals surface area contributed by atoms with Crippen LogP contribution in [0.2, 0.25) is 0 Å². The fourth-order valence-electron chi connectivity index (χ4n) is 4.86. The first-order chi connectivity index (χ1) is 16.1. The highest BCUT2D eigenvalue weighted by Gasteiger charge is 2.42. The molecule has 2 fully saturated rings. The molecule has 34 heavy (non-hydrogen) atoms. The second-order valence-electron chi connectivity index (χ2n) is 8.98. The number of rotatable bonds is 4. The molecule has 5 rings (SSSR count).